The largest absolute Gasteiger partial charge is 0.508 e. The number of phenols is 1. The van der Waals surface area contributed by atoms with Gasteiger partial charge in [-0.1, -0.05) is 17.3 Å². The SMILES string of the molecule is Cc1nc(CNC(=O)NCCc2cccc(O)c2)no1. The average Bonchev–Trinajstić information content (AvgIpc) is 2.82. The number of nitrogens with one attached hydrogen (secondary N) is 2. The minimum Gasteiger partial charge on any atom is -0.508 e. The number of benzene rings is 1. The van der Waals surface area contributed by atoms with Crippen molar-refractivity contribution >= 4 is 6.03 Å². The van der Waals surface area contributed by atoms with Crippen LogP contribution in [-0.4, -0.2) is 27.8 Å². The number of aromatic hydroxyl groups is 1. The number of phenolic OH excluding ortho intramolecular Hbond substituents is 1. The summed E-state index contributed by atoms with van der Waals surface area (Å²) < 4.78 is 4.79. The van der Waals surface area contributed by atoms with E-state index in [2.05, 4.69) is 20.8 Å². The molecule has 2 aromatic rings. The number of carbonyl (C=O) groups is 1. The zero-order valence-electron chi connectivity index (χ0n) is 11.1. The van der Waals surface area contributed by atoms with E-state index in [1.165, 1.54) is 0 Å². The molecule has 20 heavy (non-hydrogen) atoms. The summed E-state index contributed by atoms with van der Waals surface area (Å²) in [5.41, 5.74) is 0.957. The van der Waals surface area contributed by atoms with E-state index in [-0.39, 0.29) is 18.3 Å². The van der Waals surface area contributed by atoms with Crippen LogP contribution in [0.5, 0.6) is 5.75 Å². The van der Waals surface area contributed by atoms with Gasteiger partial charge in [-0.25, -0.2) is 4.79 Å². The van der Waals surface area contributed by atoms with Crippen molar-refractivity contribution in [3.63, 3.8) is 0 Å². The fourth-order valence-corrected chi connectivity index (χ4v) is 1.67. The maximum atomic E-state index is 11.5. The molecule has 0 atom stereocenters. The van der Waals surface area contributed by atoms with Crippen LogP contribution in [-0.2, 0) is 13.0 Å². The summed E-state index contributed by atoms with van der Waals surface area (Å²) in [4.78, 5) is 15.5. The van der Waals surface area contributed by atoms with Crippen molar-refractivity contribution in [1.82, 2.24) is 20.8 Å². The van der Waals surface area contributed by atoms with E-state index in [1.807, 2.05) is 6.07 Å². The van der Waals surface area contributed by atoms with E-state index in [0.29, 0.717) is 24.7 Å². The van der Waals surface area contributed by atoms with E-state index in [4.69, 9.17) is 4.52 Å². The first kappa shape index (κ1) is 13.9. The van der Waals surface area contributed by atoms with E-state index in [0.717, 1.165) is 5.56 Å². The molecule has 1 aromatic carbocycles. The maximum absolute atomic E-state index is 11.5. The van der Waals surface area contributed by atoms with Crippen LogP contribution in [0.15, 0.2) is 28.8 Å². The number of aryl methyl sites for hydroxylation is 1. The molecule has 0 unspecified atom stereocenters. The van der Waals surface area contributed by atoms with E-state index in [9.17, 15) is 9.90 Å². The highest BCUT2D eigenvalue weighted by Crippen LogP contribution is 2.10. The molecule has 0 spiro atoms. The lowest BCUT2D eigenvalue weighted by atomic mass is 10.1. The van der Waals surface area contributed by atoms with Gasteiger partial charge in [0, 0.05) is 13.5 Å². The lowest BCUT2D eigenvalue weighted by Gasteiger charge is -2.06. The zero-order chi connectivity index (χ0) is 14.4. The molecule has 0 bridgehead atoms. The molecule has 0 saturated heterocycles. The first-order valence-electron chi connectivity index (χ1n) is 6.22. The Morgan fingerprint density at radius 1 is 1.40 bits per heavy atom. The fourth-order valence-electron chi connectivity index (χ4n) is 1.67. The van der Waals surface area contributed by atoms with Crippen LogP contribution >= 0.6 is 0 Å². The smallest absolute Gasteiger partial charge is 0.315 e. The summed E-state index contributed by atoms with van der Waals surface area (Å²) in [5, 5.41) is 18.3. The van der Waals surface area contributed by atoms with Crippen molar-refractivity contribution < 1.29 is 14.4 Å². The number of rotatable bonds is 5. The summed E-state index contributed by atoms with van der Waals surface area (Å²) in [6.07, 6.45) is 0.642. The number of nitrogens with zero attached hydrogens (tertiary/aromatic N) is 2. The summed E-state index contributed by atoms with van der Waals surface area (Å²) in [6, 6.07) is 6.63. The normalized spacial score (nSPS) is 10.2. The topological polar surface area (TPSA) is 100 Å². The number of carbonyl (C=O) groups excluding carboxylic acids is 1. The van der Waals surface area contributed by atoms with Crippen molar-refractivity contribution in [1.29, 1.82) is 0 Å². The molecule has 7 nitrogen and oxygen atoms in total. The molecule has 3 N–H and O–H groups in total. The molecule has 7 heteroatoms. The van der Waals surface area contributed by atoms with Gasteiger partial charge < -0.3 is 20.3 Å². The first-order valence-corrected chi connectivity index (χ1v) is 6.22. The molecule has 0 radical (unpaired) electrons. The summed E-state index contributed by atoms with van der Waals surface area (Å²) in [7, 11) is 0. The van der Waals surface area contributed by atoms with Gasteiger partial charge in [0.05, 0.1) is 6.54 Å². The van der Waals surface area contributed by atoms with Gasteiger partial charge in [-0.05, 0) is 24.1 Å². The van der Waals surface area contributed by atoms with Crippen LogP contribution in [0.1, 0.15) is 17.3 Å². The predicted molar refractivity (Wildman–Crippen MR) is 71.1 cm³/mol. The van der Waals surface area contributed by atoms with Gasteiger partial charge in [-0.3, -0.25) is 0 Å². The highest BCUT2D eigenvalue weighted by atomic mass is 16.5. The molecule has 0 aliphatic rings. The quantitative estimate of drug-likeness (QED) is 0.760. The Labute approximate surface area is 116 Å². The summed E-state index contributed by atoms with van der Waals surface area (Å²) >= 11 is 0. The van der Waals surface area contributed by atoms with Crippen molar-refractivity contribution in [3.8, 4) is 5.75 Å². The molecule has 106 valence electrons. The Balaban J connectivity index is 1.67. The van der Waals surface area contributed by atoms with Crippen LogP contribution in [0.4, 0.5) is 4.79 Å². The van der Waals surface area contributed by atoms with E-state index >= 15 is 0 Å². The Morgan fingerprint density at radius 3 is 2.95 bits per heavy atom. The van der Waals surface area contributed by atoms with Crippen LogP contribution in [0, 0.1) is 6.92 Å². The number of aromatic nitrogens is 2. The highest BCUT2D eigenvalue weighted by molar-refractivity contribution is 5.73. The minimum atomic E-state index is -0.299. The number of hydrogen-bond acceptors (Lipinski definition) is 5. The molecule has 0 aliphatic carbocycles. The molecular formula is C13H16N4O3. The number of amides is 2. The Hall–Kier alpha value is -2.57. The molecule has 2 amide bonds. The van der Waals surface area contributed by atoms with Gasteiger partial charge in [-0.2, -0.15) is 4.98 Å². The second-order valence-corrected chi connectivity index (χ2v) is 4.26. The van der Waals surface area contributed by atoms with Gasteiger partial charge >= 0.3 is 6.03 Å². The standard InChI is InChI=1S/C13H16N4O3/c1-9-16-12(17-20-9)8-15-13(19)14-6-5-10-3-2-4-11(18)7-10/h2-4,7,18H,5-6,8H2,1H3,(H2,14,15,19). The zero-order valence-corrected chi connectivity index (χ0v) is 11.1. The first-order chi connectivity index (χ1) is 9.63. The number of urea groups is 1. The highest BCUT2D eigenvalue weighted by Gasteiger charge is 2.04. The average molecular weight is 276 g/mol. The fraction of sp³-hybridized carbons (Fsp3) is 0.308. The predicted octanol–water partition coefficient (Wildman–Crippen LogP) is 1.13. The monoisotopic (exact) mass is 276 g/mol. The molecule has 1 heterocycles. The number of hydrogen-bond donors (Lipinski definition) is 3. The van der Waals surface area contributed by atoms with Crippen LogP contribution in [0.2, 0.25) is 0 Å². The second kappa shape index (κ2) is 6.55. The van der Waals surface area contributed by atoms with E-state index in [1.54, 1.807) is 25.1 Å². The van der Waals surface area contributed by atoms with E-state index < -0.39 is 0 Å². The molecule has 2 rings (SSSR count). The molecule has 0 fully saturated rings. The Morgan fingerprint density at radius 2 is 2.25 bits per heavy atom. The van der Waals surface area contributed by atoms with Crippen molar-refractivity contribution in [3.05, 3.63) is 41.5 Å². The molecular weight excluding hydrogens is 260 g/mol. The van der Waals surface area contributed by atoms with Gasteiger partial charge in [0.1, 0.15) is 5.75 Å². The Kier molecular flexibility index (Phi) is 4.54. The maximum Gasteiger partial charge on any atom is 0.315 e. The van der Waals surface area contributed by atoms with Gasteiger partial charge in [0.25, 0.3) is 0 Å². The molecule has 1 aromatic heterocycles. The van der Waals surface area contributed by atoms with Crippen LogP contribution < -0.4 is 10.6 Å². The minimum absolute atomic E-state index is 0.218. The van der Waals surface area contributed by atoms with Crippen molar-refractivity contribution in [2.24, 2.45) is 0 Å². The van der Waals surface area contributed by atoms with Crippen LogP contribution in [0.25, 0.3) is 0 Å². The van der Waals surface area contributed by atoms with Gasteiger partial charge in [-0.15, -0.1) is 0 Å². The van der Waals surface area contributed by atoms with Gasteiger partial charge in [0.2, 0.25) is 5.89 Å². The molecule has 0 aliphatic heterocycles. The lowest BCUT2D eigenvalue weighted by molar-refractivity contribution is 0.240. The van der Waals surface area contributed by atoms with Crippen molar-refractivity contribution in [2.75, 3.05) is 6.54 Å². The van der Waals surface area contributed by atoms with Crippen LogP contribution in [0.3, 0.4) is 0 Å². The third-order valence-corrected chi connectivity index (χ3v) is 2.59. The summed E-state index contributed by atoms with van der Waals surface area (Å²) in [5.74, 6) is 1.12. The van der Waals surface area contributed by atoms with Gasteiger partial charge in [0.15, 0.2) is 5.82 Å². The molecule has 0 saturated carbocycles. The van der Waals surface area contributed by atoms with Crippen molar-refractivity contribution in [2.45, 2.75) is 19.9 Å². The Bertz CT molecular complexity index is 583. The third-order valence-electron chi connectivity index (χ3n) is 2.59. The second-order valence-electron chi connectivity index (χ2n) is 4.26. The summed E-state index contributed by atoms with van der Waals surface area (Å²) in [6.45, 7) is 2.38. The third kappa shape index (κ3) is 4.27. The lowest BCUT2D eigenvalue weighted by Crippen LogP contribution is -2.36.